The molecule has 0 aliphatic carbocycles. The highest BCUT2D eigenvalue weighted by atomic mass is 16.6. The standard InChI is InChI=1S/2C14H10O2.CH2O3.H3N/c2*15-13(11-7-3-1-4-8-11)14(16)12-9-5-2-6-10-12;2-1(3)4;/h2*1-10H;(H2,2,3,4);1H3. The molecule has 188 valence electrons. The molecule has 5 N–H and O–H groups in total. The van der Waals surface area contributed by atoms with Gasteiger partial charge in [-0.05, 0) is 0 Å². The van der Waals surface area contributed by atoms with Crippen LogP contribution in [0.5, 0.6) is 0 Å². The number of benzene rings is 4. The second-order valence-corrected chi connectivity index (χ2v) is 7.06. The second-order valence-electron chi connectivity index (χ2n) is 7.06. The first kappa shape index (κ1) is 29.8. The summed E-state index contributed by atoms with van der Waals surface area (Å²) in [5.74, 6) is -1.86. The maximum atomic E-state index is 11.8. The van der Waals surface area contributed by atoms with Crippen molar-refractivity contribution in [3.8, 4) is 0 Å². The summed E-state index contributed by atoms with van der Waals surface area (Å²) in [6.45, 7) is 0. The van der Waals surface area contributed by atoms with E-state index in [0.29, 0.717) is 22.3 Å². The van der Waals surface area contributed by atoms with E-state index < -0.39 is 29.3 Å². The summed E-state index contributed by atoms with van der Waals surface area (Å²) in [6, 6.07) is 34.3. The molecule has 0 atom stereocenters. The molecule has 0 aliphatic rings. The minimum atomic E-state index is -1.83. The number of carboxylic acid groups (broad SMARTS) is 2. The van der Waals surface area contributed by atoms with Crippen LogP contribution < -0.4 is 6.15 Å². The average molecular weight is 500 g/mol. The summed E-state index contributed by atoms with van der Waals surface area (Å²) in [5.41, 5.74) is 1.71. The van der Waals surface area contributed by atoms with Crippen molar-refractivity contribution in [3.05, 3.63) is 144 Å². The third-order valence-corrected chi connectivity index (χ3v) is 4.56. The lowest BCUT2D eigenvalue weighted by molar-refractivity contribution is 0.0817. The summed E-state index contributed by atoms with van der Waals surface area (Å²) in [5, 5.41) is 13.9. The highest BCUT2D eigenvalue weighted by Gasteiger charge is 2.18. The van der Waals surface area contributed by atoms with Gasteiger partial charge in [0.05, 0.1) is 0 Å². The lowest BCUT2D eigenvalue weighted by Crippen LogP contribution is -2.14. The summed E-state index contributed by atoms with van der Waals surface area (Å²) >= 11 is 0. The molecule has 0 unspecified atom stereocenters. The predicted molar refractivity (Wildman–Crippen MR) is 139 cm³/mol. The van der Waals surface area contributed by atoms with Crippen LogP contribution in [-0.2, 0) is 0 Å². The fraction of sp³-hybridized carbons (Fsp3) is 0. The van der Waals surface area contributed by atoms with Gasteiger partial charge in [0.2, 0.25) is 23.1 Å². The molecule has 37 heavy (non-hydrogen) atoms. The molecule has 0 aliphatic heterocycles. The van der Waals surface area contributed by atoms with Crippen LogP contribution in [0, 0.1) is 0 Å². The molecule has 4 aromatic rings. The summed E-state index contributed by atoms with van der Waals surface area (Å²) in [4.78, 5) is 55.7. The van der Waals surface area contributed by atoms with Crippen molar-refractivity contribution in [3.63, 3.8) is 0 Å². The van der Waals surface area contributed by atoms with Crippen molar-refractivity contribution in [1.29, 1.82) is 0 Å². The van der Waals surface area contributed by atoms with Gasteiger partial charge >= 0.3 is 6.16 Å². The Hall–Kier alpha value is -5.21. The molecule has 0 saturated carbocycles. The van der Waals surface area contributed by atoms with E-state index in [9.17, 15) is 19.2 Å². The largest absolute Gasteiger partial charge is 0.503 e. The van der Waals surface area contributed by atoms with E-state index in [4.69, 9.17) is 15.0 Å². The van der Waals surface area contributed by atoms with Gasteiger partial charge in [0.25, 0.3) is 0 Å². The number of hydrogen-bond donors (Lipinski definition) is 3. The van der Waals surface area contributed by atoms with Gasteiger partial charge in [0.15, 0.2) is 0 Å². The number of carbonyl (C=O) groups is 5. The zero-order valence-electron chi connectivity index (χ0n) is 19.7. The van der Waals surface area contributed by atoms with E-state index in [0.717, 1.165) is 0 Å². The summed E-state index contributed by atoms with van der Waals surface area (Å²) < 4.78 is 0. The molecule has 4 aromatic carbocycles. The zero-order chi connectivity index (χ0) is 26.3. The Kier molecular flexibility index (Phi) is 12.6. The quantitative estimate of drug-likeness (QED) is 0.219. The molecule has 0 bridgehead atoms. The van der Waals surface area contributed by atoms with E-state index in [2.05, 4.69) is 0 Å². The molecule has 0 amide bonds. The topological polar surface area (TPSA) is 161 Å². The molecule has 0 spiro atoms. The maximum absolute atomic E-state index is 11.8. The fourth-order valence-electron chi connectivity index (χ4n) is 2.88. The number of ketones is 4. The van der Waals surface area contributed by atoms with Gasteiger partial charge in [-0.1, -0.05) is 121 Å². The van der Waals surface area contributed by atoms with Crippen LogP contribution in [0.4, 0.5) is 4.79 Å². The Bertz CT molecular complexity index is 1110. The van der Waals surface area contributed by atoms with Crippen molar-refractivity contribution >= 4 is 29.3 Å². The van der Waals surface area contributed by atoms with Crippen LogP contribution >= 0.6 is 0 Å². The Balaban J connectivity index is 0.000000316. The van der Waals surface area contributed by atoms with Gasteiger partial charge in [-0.15, -0.1) is 0 Å². The second kappa shape index (κ2) is 15.6. The highest BCUT2D eigenvalue weighted by molar-refractivity contribution is 6.49. The van der Waals surface area contributed by atoms with E-state index in [-0.39, 0.29) is 6.15 Å². The summed E-state index contributed by atoms with van der Waals surface area (Å²) in [7, 11) is 0. The van der Waals surface area contributed by atoms with Gasteiger partial charge < -0.3 is 16.4 Å². The third kappa shape index (κ3) is 9.89. The Morgan fingerprint density at radius 2 is 0.486 bits per heavy atom. The minimum Gasteiger partial charge on any atom is -0.450 e. The highest BCUT2D eigenvalue weighted by Crippen LogP contribution is 2.08. The van der Waals surface area contributed by atoms with Gasteiger partial charge in [-0.25, -0.2) is 4.79 Å². The molecule has 4 rings (SSSR count). The third-order valence-electron chi connectivity index (χ3n) is 4.56. The molecular weight excluding hydrogens is 474 g/mol. The van der Waals surface area contributed by atoms with Crippen LogP contribution in [0.1, 0.15) is 41.4 Å². The van der Waals surface area contributed by atoms with Gasteiger partial charge in [0, 0.05) is 22.3 Å². The monoisotopic (exact) mass is 499 g/mol. The first-order valence-electron chi connectivity index (χ1n) is 10.6. The fourth-order valence-corrected chi connectivity index (χ4v) is 2.88. The molecule has 0 heterocycles. The zero-order valence-corrected chi connectivity index (χ0v) is 19.7. The minimum absolute atomic E-state index is 0. The van der Waals surface area contributed by atoms with Crippen LogP contribution in [0.2, 0.25) is 0 Å². The van der Waals surface area contributed by atoms with Crippen molar-refractivity contribution in [2.45, 2.75) is 0 Å². The van der Waals surface area contributed by atoms with Gasteiger partial charge in [0.1, 0.15) is 0 Å². The van der Waals surface area contributed by atoms with Crippen LogP contribution in [0.25, 0.3) is 0 Å². The Morgan fingerprint density at radius 3 is 0.622 bits per heavy atom. The van der Waals surface area contributed by atoms with Gasteiger partial charge in [-0.3, -0.25) is 19.2 Å². The van der Waals surface area contributed by atoms with Crippen LogP contribution in [0.15, 0.2) is 121 Å². The van der Waals surface area contributed by atoms with Crippen molar-refractivity contribution < 1.29 is 34.2 Å². The maximum Gasteiger partial charge on any atom is 0.503 e. The van der Waals surface area contributed by atoms with Crippen LogP contribution in [-0.4, -0.2) is 39.5 Å². The smallest absolute Gasteiger partial charge is 0.450 e. The number of rotatable bonds is 6. The first-order valence-corrected chi connectivity index (χ1v) is 10.6. The van der Waals surface area contributed by atoms with E-state index in [1.165, 1.54) is 0 Å². The number of hydrogen-bond acceptors (Lipinski definition) is 6. The van der Waals surface area contributed by atoms with Crippen molar-refractivity contribution in [1.82, 2.24) is 6.15 Å². The molecule has 8 heteroatoms. The van der Waals surface area contributed by atoms with E-state index in [1.54, 1.807) is 97.1 Å². The normalized spacial score (nSPS) is 9.08. The number of carbonyl (C=O) groups excluding carboxylic acids is 4. The molecule has 0 radical (unpaired) electrons. The van der Waals surface area contributed by atoms with Gasteiger partial charge in [-0.2, -0.15) is 0 Å². The molecular formula is C29H25NO7. The Labute approximate surface area is 213 Å². The van der Waals surface area contributed by atoms with Crippen LogP contribution in [0.3, 0.4) is 0 Å². The van der Waals surface area contributed by atoms with E-state index >= 15 is 0 Å². The molecule has 0 saturated heterocycles. The lowest BCUT2D eigenvalue weighted by atomic mass is 10.0. The van der Waals surface area contributed by atoms with Crippen molar-refractivity contribution in [2.75, 3.05) is 0 Å². The predicted octanol–water partition coefficient (Wildman–Crippen LogP) is 5.89. The molecule has 8 nitrogen and oxygen atoms in total. The first-order chi connectivity index (χ1) is 17.3. The average Bonchev–Trinajstić information content (AvgIpc) is 2.93. The summed E-state index contributed by atoms with van der Waals surface area (Å²) in [6.07, 6.45) is -1.83. The number of Topliss-reactive ketones (excluding diaryl/α,β-unsaturated/α-hetero) is 4. The van der Waals surface area contributed by atoms with E-state index in [1.807, 2.05) is 24.3 Å². The SMILES string of the molecule is N.O=C(C(=O)c1ccccc1)c1ccccc1.O=C(C(=O)c1ccccc1)c1ccccc1.O=C(O)O. The molecule has 0 aromatic heterocycles. The van der Waals surface area contributed by atoms with Crippen molar-refractivity contribution in [2.24, 2.45) is 0 Å². The Morgan fingerprint density at radius 1 is 0.351 bits per heavy atom. The lowest BCUT2D eigenvalue weighted by Gasteiger charge is -1.99. The molecule has 0 fully saturated rings.